The Morgan fingerprint density at radius 1 is 1.00 bits per heavy atom. The van der Waals surface area contributed by atoms with Crippen molar-refractivity contribution in [3.05, 3.63) is 76.0 Å². The molecule has 24 heavy (non-hydrogen) atoms. The van der Waals surface area contributed by atoms with Gasteiger partial charge in [0.25, 0.3) is 5.91 Å². The normalized spacial score (nSPS) is 10.5. The maximum Gasteiger partial charge on any atom is 0.258 e. The molecule has 0 saturated heterocycles. The van der Waals surface area contributed by atoms with Crippen molar-refractivity contribution < 1.29 is 9.18 Å². The largest absolute Gasteiger partial charge is 0.305 e. The number of benzene rings is 2. The van der Waals surface area contributed by atoms with E-state index in [9.17, 15) is 9.18 Å². The number of carbonyl (C=O) groups is 1. The minimum absolute atomic E-state index is 0.228. The Hall–Kier alpha value is -2.50. The SMILES string of the molecule is O=C(Nc1ccc(-c2ccccc2F)nn1)c1ccc(Cl)cc1Cl. The fraction of sp³-hybridized carbons (Fsp3) is 0. The van der Waals surface area contributed by atoms with Crippen LogP contribution in [-0.4, -0.2) is 16.1 Å². The first-order chi connectivity index (χ1) is 11.5. The van der Waals surface area contributed by atoms with Crippen molar-refractivity contribution in [3.63, 3.8) is 0 Å². The molecule has 3 rings (SSSR count). The van der Waals surface area contributed by atoms with Gasteiger partial charge in [-0.15, -0.1) is 10.2 Å². The quantitative estimate of drug-likeness (QED) is 0.725. The van der Waals surface area contributed by atoms with Gasteiger partial charge in [0.15, 0.2) is 5.82 Å². The molecule has 2 aromatic carbocycles. The van der Waals surface area contributed by atoms with Crippen LogP contribution in [0.4, 0.5) is 10.2 Å². The maximum absolute atomic E-state index is 13.7. The highest BCUT2D eigenvalue weighted by atomic mass is 35.5. The summed E-state index contributed by atoms with van der Waals surface area (Å²) < 4.78 is 13.7. The van der Waals surface area contributed by atoms with E-state index in [1.54, 1.807) is 30.3 Å². The fourth-order valence-corrected chi connectivity index (χ4v) is 2.56. The molecule has 120 valence electrons. The Bertz CT molecular complexity index is 901. The highest BCUT2D eigenvalue weighted by Gasteiger charge is 2.12. The van der Waals surface area contributed by atoms with Crippen LogP contribution in [0.3, 0.4) is 0 Å². The lowest BCUT2D eigenvalue weighted by Crippen LogP contribution is -2.14. The predicted octanol–water partition coefficient (Wildman–Crippen LogP) is 4.84. The highest BCUT2D eigenvalue weighted by molar-refractivity contribution is 6.37. The molecule has 4 nitrogen and oxygen atoms in total. The average Bonchev–Trinajstić information content (AvgIpc) is 2.56. The van der Waals surface area contributed by atoms with E-state index in [1.807, 2.05) is 0 Å². The standard InChI is InChI=1S/C17H10Cl2FN3O/c18-10-5-6-11(13(19)9-10)17(24)21-16-8-7-15(22-23-16)12-3-1-2-4-14(12)20/h1-9H,(H,21,23,24). The molecule has 0 aliphatic carbocycles. The zero-order valence-corrected chi connectivity index (χ0v) is 13.6. The van der Waals surface area contributed by atoms with Crippen LogP contribution in [0.2, 0.25) is 10.0 Å². The van der Waals surface area contributed by atoms with Crippen molar-refractivity contribution in [1.82, 2.24) is 10.2 Å². The van der Waals surface area contributed by atoms with Crippen molar-refractivity contribution in [2.24, 2.45) is 0 Å². The van der Waals surface area contributed by atoms with Crippen molar-refractivity contribution in [2.45, 2.75) is 0 Å². The molecule has 1 amide bonds. The number of halogens is 3. The lowest BCUT2D eigenvalue weighted by Gasteiger charge is -2.07. The monoisotopic (exact) mass is 361 g/mol. The maximum atomic E-state index is 13.7. The number of rotatable bonds is 3. The molecule has 0 aliphatic heterocycles. The summed E-state index contributed by atoms with van der Waals surface area (Å²) in [6.07, 6.45) is 0. The van der Waals surface area contributed by atoms with Crippen LogP contribution in [0.1, 0.15) is 10.4 Å². The van der Waals surface area contributed by atoms with Crippen LogP contribution < -0.4 is 5.32 Å². The summed E-state index contributed by atoms with van der Waals surface area (Å²) in [5.74, 6) is -0.604. The number of hydrogen-bond acceptors (Lipinski definition) is 3. The second kappa shape index (κ2) is 6.95. The molecule has 0 atom stereocenters. The van der Waals surface area contributed by atoms with Crippen LogP contribution in [-0.2, 0) is 0 Å². The first-order valence-corrected chi connectivity index (χ1v) is 7.65. The van der Waals surface area contributed by atoms with E-state index in [4.69, 9.17) is 23.2 Å². The lowest BCUT2D eigenvalue weighted by atomic mass is 10.1. The van der Waals surface area contributed by atoms with Crippen LogP contribution >= 0.6 is 23.2 Å². The van der Waals surface area contributed by atoms with Crippen molar-refractivity contribution in [1.29, 1.82) is 0 Å². The Morgan fingerprint density at radius 3 is 2.46 bits per heavy atom. The fourth-order valence-electron chi connectivity index (χ4n) is 2.07. The first kappa shape index (κ1) is 16.4. The second-order valence-electron chi connectivity index (χ2n) is 4.86. The molecule has 0 saturated carbocycles. The lowest BCUT2D eigenvalue weighted by molar-refractivity contribution is 0.102. The molecule has 0 spiro atoms. The van der Waals surface area contributed by atoms with Gasteiger partial charge in [-0.05, 0) is 42.5 Å². The molecule has 0 fully saturated rings. The third-order valence-corrected chi connectivity index (χ3v) is 3.78. The zero-order valence-electron chi connectivity index (χ0n) is 12.1. The minimum atomic E-state index is -0.440. The van der Waals surface area contributed by atoms with E-state index >= 15 is 0 Å². The van der Waals surface area contributed by atoms with Gasteiger partial charge in [-0.3, -0.25) is 4.79 Å². The summed E-state index contributed by atoms with van der Waals surface area (Å²) >= 11 is 11.8. The van der Waals surface area contributed by atoms with E-state index in [1.165, 1.54) is 24.3 Å². The number of nitrogens with zero attached hydrogens (tertiary/aromatic N) is 2. The molecular weight excluding hydrogens is 352 g/mol. The number of hydrogen-bond donors (Lipinski definition) is 1. The minimum Gasteiger partial charge on any atom is -0.305 e. The molecule has 1 heterocycles. The van der Waals surface area contributed by atoms with Crippen molar-refractivity contribution in [2.75, 3.05) is 5.32 Å². The van der Waals surface area contributed by atoms with Gasteiger partial charge in [-0.1, -0.05) is 35.3 Å². The summed E-state index contributed by atoms with van der Waals surface area (Å²) in [6.45, 7) is 0. The molecule has 0 bridgehead atoms. The van der Waals surface area contributed by atoms with Gasteiger partial charge < -0.3 is 5.32 Å². The molecule has 1 aromatic heterocycles. The van der Waals surface area contributed by atoms with Gasteiger partial charge >= 0.3 is 0 Å². The van der Waals surface area contributed by atoms with Gasteiger partial charge in [0.05, 0.1) is 16.3 Å². The summed E-state index contributed by atoms with van der Waals surface area (Å²) in [6, 6.07) is 13.9. The number of aromatic nitrogens is 2. The summed E-state index contributed by atoms with van der Waals surface area (Å²) in [4.78, 5) is 12.2. The number of carbonyl (C=O) groups excluding carboxylic acids is 1. The van der Waals surface area contributed by atoms with Crippen molar-refractivity contribution in [3.8, 4) is 11.3 Å². The third kappa shape index (κ3) is 3.53. The molecule has 0 aliphatic rings. The van der Waals surface area contributed by atoms with E-state index in [2.05, 4.69) is 15.5 Å². The predicted molar refractivity (Wildman–Crippen MR) is 91.8 cm³/mol. The number of amides is 1. The molecule has 3 aromatic rings. The van der Waals surface area contributed by atoms with Crippen LogP contribution in [0, 0.1) is 5.82 Å². The third-order valence-electron chi connectivity index (χ3n) is 3.23. The molecular formula is C17H10Cl2FN3O. The molecule has 7 heteroatoms. The van der Waals surface area contributed by atoms with Gasteiger partial charge in [0.2, 0.25) is 0 Å². The Morgan fingerprint density at radius 2 is 1.79 bits per heavy atom. The van der Waals surface area contributed by atoms with Gasteiger partial charge in [0, 0.05) is 10.6 Å². The van der Waals surface area contributed by atoms with E-state index in [0.717, 1.165) is 0 Å². The second-order valence-corrected chi connectivity index (χ2v) is 5.71. The van der Waals surface area contributed by atoms with Gasteiger partial charge in [-0.2, -0.15) is 0 Å². The Balaban J connectivity index is 1.79. The highest BCUT2D eigenvalue weighted by Crippen LogP contribution is 2.23. The van der Waals surface area contributed by atoms with E-state index < -0.39 is 11.7 Å². The van der Waals surface area contributed by atoms with E-state index in [-0.39, 0.29) is 16.4 Å². The average molecular weight is 362 g/mol. The Kier molecular flexibility index (Phi) is 4.74. The molecule has 0 unspecified atom stereocenters. The van der Waals surface area contributed by atoms with Crippen LogP contribution in [0.25, 0.3) is 11.3 Å². The Labute approximate surface area is 147 Å². The van der Waals surface area contributed by atoms with E-state index in [0.29, 0.717) is 16.3 Å². The summed E-state index contributed by atoms with van der Waals surface area (Å²) in [7, 11) is 0. The topological polar surface area (TPSA) is 54.9 Å². The zero-order chi connectivity index (χ0) is 17.1. The number of anilines is 1. The van der Waals surface area contributed by atoms with Crippen LogP contribution in [0.5, 0.6) is 0 Å². The molecule has 0 radical (unpaired) electrons. The van der Waals surface area contributed by atoms with Crippen molar-refractivity contribution >= 4 is 34.9 Å². The molecule has 1 N–H and O–H groups in total. The smallest absolute Gasteiger partial charge is 0.258 e. The van der Waals surface area contributed by atoms with Crippen LogP contribution in [0.15, 0.2) is 54.6 Å². The number of nitrogens with one attached hydrogen (secondary N) is 1. The van der Waals surface area contributed by atoms with Gasteiger partial charge in [0.1, 0.15) is 5.82 Å². The summed E-state index contributed by atoms with van der Waals surface area (Å²) in [5, 5.41) is 11.1. The first-order valence-electron chi connectivity index (χ1n) is 6.89. The van der Waals surface area contributed by atoms with Gasteiger partial charge in [-0.25, -0.2) is 4.39 Å². The summed E-state index contributed by atoms with van der Waals surface area (Å²) in [5.41, 5.74) is 0.972.